The number of thiophene rings is 1. The van der Waals surface area contributed by atoms with E-state index in [-0.39, 0.29) is 29.6 Å². The average Bonchev–Trinajstić information content (AvgIpc) is 2.83. The number of nitrogens with two attached hydrogens (primary N) is 1. The van der Waals surface area contributed by atoms with E-state index in [2.05, 4.69) is 11.4 Å². The van der Waals surface area contributed by atoms with E-state index in [4.69, 9.17) is 5.73 Å². The van der Waals surface area contributed by atoms with Gasteiger partial charge in [0, 0.05) is 24.5 Å². The molecule has 6 heteroatoms. The Kier molecular flexibility index (Phi) is 5.98. The highest BCUT2D eigenvalue weighted by molar-refractivity contribution is 8.00. The normalized spacial score (nSPS) is 19.6. The number of carbonyl (C=O) groups is 1. The molecule has 0 aliphatic carbocycles. The zero-order valence-electron chi connectivity index (χ0n) is 10.6. The van der Waals surface area contributed by atoms with Gasteiger partial charge in [-0.3, -0.25) is 4.79 Å². The summed E-state index contributed by atoms with van der Waals surface area (Å²) in [6, 6.07) is 2.20. The van der Waals surface area contributed by atoms with E-state index in [1.165, 1.54) is 10.4 Å². The first-order valence-corrected chi connectivity index (χ1v) is 7.72. The number of amides is 1. The second-order valence-corrected chi connectivity index (χ2v) is 6.55. The summed E-state index contributed by atoms with van der Waals surface area (Å²) in [5.41, 5.74) is 6.83. The summed E-state index contributed by atoms with van der Waals surface area (Å²) in [6.45, 7) is 2.50. The average molecular weight is 307 g/mol. The second kappa shape index (κ2) is 6.80. The van der Waals surface area contributed by atoms with Crippen molar-refractivity contribution in [1.82, 2.24) is 4.90 Å². The van der Waals surface area contributed by atoms with Crippen LogP contribution in [0.5, 0.6) is 0 Å². The summed E-state index contributed by atoms with van der Waals surface area (Å²) in [5.74, 6) is 1.22. The Morgan fingerprint density at radius 3 is 3.06 bits per heavy atom. The van der Waals surface area contributed by atoms with Crippen LogP contribution in [0.25, 0.3) is 0 Å². The van der Waals surface area contributed by atoms with Crippen molar-refractivity contribution in [2.24, 2.45) is 5.73 Å². The zero-order valence-corrected chi connectivity index (χ0v) is 13.0. The maximum atomic E-state index is 12.4. The van der Waals surface area contributed by atoms with Gasteiger partial charge in [-0.2, -0.15) is 0 Å². The van der Waals surface area contributed by atoms with Crippen LogP contribution in [0.4, 0.5) is 0 Å². The number of nitrogens with zero attached hydrogens (tertiary/aromatic N) is 1. The quantitative estimate of drug-likeness (QED) is 0.932. The molecule has 2 N–H and O–H groups in total. The molecule has 0 aromatic carbocycles. The Labute approximate surface area is 123 Å². The Bertz CT molecular complexity index is 411. The topological polar surface area (TPSA) is 46.3 Å². The number of halogens is 1. The van der Waals surface area contributed by atoms with Crippen LogP contribution < -0.4 is 5.73 Å². The molecular formula is C12H19ClN2OS2. The van der Waals surface area contributed by atoms with Gasteiger partial charge in [-0.1, -0.05) is 0 Å². The van der Waals surface area contributed by atoms with Gasteiger partial charge in [0.1, 0.15) is 5.25 Å². The van der Waals surface area contributed by atoms with E-state index in [0.29, 0.717) is 6.54 Å². The first-order chi connectivity index (χ1) is 8.15. The summed E-state index contributed by atoms with van der Waals surface area (Å²) in [6.07, 6.45) is 1.09. The van der Waals surface area contributed by atoms with Crippen molar-refractivity contribution in [2.75, 3.05) is 19.3 Å². The van der Waals surface area contributed by atoms with Gasteiger partial charge in [-0.15, -0.1) is 35.5 Å². The van der Waals surface area contributed by atoms with E-state index < -0.39 is 0 Å². The SMILES string of the molecule is CC(CN)N(C)C(=O)C1SCCc2sccc21.Cl. The van der Waals surface area contributed by atoms with Crippen LogP contribution in [0.2, 0.25) is 0 Å². The monoisotopic (exact) mass is 306 g/mol. The Morgan fingerprint density at radius 2 is 2.39 bits per heavy atom. The van der Waals surface area contributed by atoms with Crippen LogP contribution in [-0.4, -0.2) is 36.2 Å². The molecule has 1 aromatic heterocycles. The van der Waals surface area contributed by atoms with E-state index >= 15 is 0 Å². The lowest BCUT2D eigenvalue weighted by atomic mass is 10.1. The van der Waals surface area contributed by atoms with Gasteiger partial charge >= 0.3 is 0 Å². The van der Waals surface area contributed by atoms with Gasteiger partial charge in [-0.05, 0) is 36.1 Å². The molecule has 0 spiro atoms. The number of rotatable bonds is 3. The molecule has 2 unspecified atom stereocenters. The summed E-state index contributed by atoms with van der Waals surface area (Å²) in [5, 5.41) is 2.06. The third-order valence-electron chi connectivity index (χ3n) is 3.25. The Balaban J connectivity index is 0.00000162. The predicted octanol–water partition coefficient (Wildman–Crippen LogP) is 2.31. The van der Waals surface area contributed by atoms with Crippen molar-refractivity contribution in [3.63, 3.8) is 0 Å². The van der Waals surface area contributed by atoms with Crippen LogP contribution in [0.1, 0.15) is 22.6 Å². The molecule has 1 aliphatic heterocycles. The number of fused-ring (bicyclic) bond motifs is 1. The van der Waals surface area contributed by atoms with Gasteiger partial charge in [0.25, 0.3) is 0 Å². The lowest BCUT2D eigenvalue weighted by Crippen LogP contribution is -2.42. The maximum Gasteiger partial charge on any atom is 0.240 e. The molecule has 3 nitrogen and oxygen atoms in total. The fraction of sp³-hybridized carbons (Fsp3) is 0.583. The minimum atomic E-state index is -0.0241. The molecule has 1 aromatic rings. The minimum absolute atomic E-state index is 0. The van der Waals surface area contributed by atoms with Crippen LogP contribution >= 0.6 is 35.5 Å². The van der Waals surface area contributed by atoms with Gasteiger partial charge in [0.2, 0.25) is 5.91 Å². The van der Waals surface area contributed by atoms with Crippen LogP contribution in [0.15, 0.2) is 11.4 Å². The van der Waals surface area contributed by atoms with Crippen molar-refractivity contribution in [2.45, 2.75) is 24.6 Å². The summed E-state index contributed by atoms with van der Waals surface area (Å²) >= 11 is 3.51. The number of hydrogen-bond acceptors (Lipinski definition) is 4. The number of aryl methyl sites for hydroxylation is 1. The van der Waals surface area contributed by atoms with E-state index in [9.17, 15) is 4.79 Å². The van der Waals surface area contributed by atoms with Crippen molar-refractivity contribution in [1.29, 1.82) is 0 Å². The highest BCUT2D eigenvalue weighted by Crippen LogP contribution is 2.40. The van der Waals surface area contributed by atoms with Gasteiger partial charge in [-0.25, -0.2) is 0 Å². The lowest BCUT2D eigenvalue weighted by Gasteiger charge is -2.30. The Morgan fingerprint density at radius 1 is 1.67 bits per heavy atom. The summed E-state index contributed by atoms with van der Waals surface area (Å²) in [4.78, 5) is 15.6. The number of likely N-dealkylation sites (N-methyl/N-ethyl adjacent to an activating group) is 1. The predicted molar refractivity (Wildman–Crippen MR) is 81.8 cm³/mol. The zero-order chi connectivity index (χ0) is 12.4. The molecule has 0 saturated carbocycles. The second-order valence-electron chi connectivity index (χ2n) is 4.33. The molecule has 0 fully saturated rings. The van der Waals surface area contributed by atoms with Crippen LogP contribution in [0.3, 0.4) is 0 Å². The molecule has 18 heavy (non-hydrogen) atoms. The summed E-state index contributed by atoms with van der Waals surface area (Å²) < 4.78 is 0. The largest absolute Gasteiger partial charge is 0.341 e. The van der Waals surface area contributed by atoms with Crippen molar-refractivity contribution in [3.8, 4) is 0 Å². The molecule has 0 saturated heterocycles. The van der Waals surface area contributed by atoms with Crippen molar-refractivity contribution in [3.05, 3.63) is 21.9 Å². The highest BCUT2D eigenvalue weighted by Gasteiger charge is 2.31. The van der Waals surface area contributed by atoms with E-state index in [1.807, 2.05) is 14.0 Å². The molecule has 2 atom stereocenters. The van der Waals surface area contributed by atoms with Crippen LogP contribution in [0, 0.1) is 0 Å². The van der Waals surface area contributed by atoms with Crippen molar-refractivity contribution >= 4 is 41.4 Å². The van der Waals surface area contributed by atoms with Gasteiger partial charge < -0.3 is 10.6 Å². The molecule has 2 heterocycles. The number of carbonyl (C=O) groups excluding carboxylic acids is 1. The molecule has 1 aliphatic rings. The van der Waals surface area contributed by atoms with Crippen molar-refractivity contribution < 1.29 is 4.79 Å². The third-order valence-corrected chi connectivity index (χ3v) is 5.48. The standard InChI is InChI=1S/C12H18N2OS2.ClH/c1-8(7-13)14(2)12(15)11-9-3-5-16-10(9)4-6-17-11;/h3,5,8,11H,4,6-7,13H2,1-2H3;1H. The smallest absolute Gasteiger partial charge is 0.240 e. The summed E-state index contributed by atoms with van der Waals surface area (Å²) in [7, 11) is 1.85. The first-order valence-electron chi connectivity index (χ1n) is 5.79. The molecule has 2 rings (SSSR count). The number of thioether (sulfide) groups is 1. The van der Waals surface area contributed by atoms with Crippen LogP contribution in [-0.2, 0) is 11.2 Å². The van der Waals surface area contributed by atoms with E-state index in [0.717, 1.165) is 12.2 Å². The fourth-order valence-corrected chi connectivity index (χ4v) is 4.30. The third kappa shape index (κ3) is 3.02. The highest BCUT2D eigenvalue weighted by atomic mass is 35.5. The molecule has 102 valence electrons. The fourth-order valence-electron chi connectivity index (χ4n) is 1.91. The first kappa shape index (κ1) is 15.8. The van der Waals surface area contributed by atoms with Gasteiger partial charge in [0.15, 0.2) is 0 Å². The number of hydrogen-bond donors (Lipinski definition) is 1. The molecule has 0 bridgehead atoms. The minimum Gasteiger partial charge on any atom is -0.341 e. The molecule has 1 amide bonds. The maximum absolute atomic E-state index is 12.4. The lowest BCUT2D eigenvalue weighted by molar-refractivity contribution is -0.131. The van der Waals surface area contributed by atoms with Gasteiger partial charge in [0.05, 0.1) is 0 Å². The Hall–Kier alpha value is -0.230. The molecular weight excluding hydrogens is 288 g/mol. The molecule has 0 radical (unpaired) electrons. The van der Waals surface area contributed by atoms with E-state index in [1.54, 1.807) is 28.0 Å².